The molecule has 0 aromatic heterocycles. The summed E-state index contributed by atoms with van der Waals surface area (Å²) < 4.78 is 0.603. The summed E-state index contributed by atoms with van der Waals surface area (Å²) in [7, 11) is 0. The van der Waals surface area contributed by atoms with Gasteiger partial charge in [0.25, 0.3) is 0 Å². The van der Waals surface area contributed by atoms with Crippen LogP contribution in [0, 0.1) is 0 Å². The number of rotatable bonds is 1. The highest BCUT2D eigenvalue weighted by Crippen LogP contribution is 2.37. The molecule has 3 nitrogen and oxygen atoms in total. The third-order valence-electron chi connectivity index (χ3n) is 2.33. The Morgan fingerprint density at radius 3 is 2.80 bits per heavy atom. The molecule has 1 aliphatic rings. The van der Waals surface area contributed by atoms with Crippen LogP contribution >= 0.6 is 31.9 Å². The predicted octanol–water partition coefficient (Wildman–Crippen LogP) is 2.65. The Balaban J connectivity index is 2.38. The van der Waals surface area contributed by atoms with E-state index in [9.17, 15) is 9.90 Å². The molecular weight excluding hydrogens is 326 g/mol. The topological polar surface area (TPSA) is 40.5 Å². The van der Waals surface area contributed by atoms with Gasteiger partial charge in [-0.3, -0.25) is 4.79 Å². The van der Waals surface area contributed by atoms with E-state index in [0.717, 1.165) is 0 Å². The van der Waals surface area contributed by atoms with Gasteiger partial charge in [-0.2, -0.15) is 0 Å². The molecule has 80 valence electrons. The SMILES string of the molecule is O=C1CC(Br)CN1c1cccc(Br)c1O. The Kier molecular flexibility index (Phi) is 3.02. The van der Waals surface area contributed by atoms with Crippen molar-refractivity contribution in [2.75, 3.05) is 11.4 Å². The van der Waals surface area contributed by atoms with Crippen LogP contribution in [-0.4, -0.2) is 22.4 Å². The summed E-state index contributed by atoms with van der Waals surface area (Å²) in [5.74, 6) is 0.151. The number of nitrogens with zero attached hydrogens (tertiary/aromatic N) is 1. The number of hydrogen-bond acceptors (Lipinski definition) is 2. The molecule has 5 heteroatoms. The van der Waals surface area contributed by atoms with E-state index in [2.05, 4.69) is 31.9 Å². The smallest absolute Gasteiger partial charge is 0.228 e. The van der Waals surface area contributed by atoms with Crippen molar-refractivity contribution in [1.82, 2.24) is 0 Å². The summed E-state index contributed by atoms with van der Waals surface area (Å²) in [5.41, 5.74) is 0.566. The van der Waals surface area contributed by atoms with Crippen molar-refractivity contribution in [1.29, 1.82) is 0 Å². The lowest BCUT2D eigenvalue weighted by Crippen LogP contribution is -2.24. The van der Waals surface area contributed by atoms with Gasteiger partial charge in [0.05, 0.1) is 10.2 Å². The number of aromatic hydroxyl groups is 1. The van der Waals surface area contributed by atoms with Crippen molar-refractivity contribution in [2.24, 2.45) is 0 Å². The summed E-state index contributed by atoms with van der Waals surface area (Å²) in [5, 5.41) is 9.81. The number of carbonyl (C=O) groups excluding carboxylic acids is 1. The molecule has 1 atom stereocenters. The maximum absolute atomic E-state index is 11.6. The van der Waals surface area contributed by atoms with Gasteiger partial charge in [0, 0.05) is 17.8 Å². The first-order chi connectivity index (χ1) is 7.09. The number of halogens is 2. The predicted molar refractivity (Wildman–Crippen MR) is 65.5 cm³/mol. The summed E-state index contributed by atoms with van der Waals surface area (Å²) in [6.45, 7) is 0.600. The quantitative estimate of drug-likeness (QED) is 0.802. The molecule has 1 saturated heterocycles. The van der Waals surface area contributed by atoms with Crippen molar-refractivity contribution in [3.05, 3.63) is 22.7 Å². The van der Waals surface area contributed by atoms with Crippen molar-refractivity contribution in [3.63, 3.8) is 0 Å². The fraction of sp³-hybridized carbons (Fsp3) is 0.300. The van der Waals surface area contributed by atoms with Crippen LogP contribution in [0.15, 0.2) is 22.7 Å². The first-order valence-electron chi connectivity index (χ1n) is 4.51. The second kappa shape index (κ2) is 4.14. The van der Waals surface area contributed by atoms with Gasteiger partial charge in [-0.15, -0.1) is 0 Å². The molecule has 1 N–H and O–H groups in total. The molecule has 1 amide bonds. The minimum absolute atomic E-state index is 0.0327. The van der Waals surface area contributed by atoms with E-state index in [0.29, 0.717) is 23.1 Å². The van der Waals surface area contributed by atoms with Gasteiger partial charge in [-0.05, 0) is 28.1 Å². The lowest BCUT2D eigenvalue weighted by Gasteiger charge is -2.17. The van der Waals surface area contributed by atoms with Gasteiger partial charge in [-0.25, -0.2) is 0 Å². The zero-order valence-corrected chi connectivity index (χ0v) is 11.0. The van der Waals surface area contributed by atoms with Gasteiger partial charge in [0.15, 0.2) is 5.75 Å². The Morgan fingerprint density at radius 2 is 2.20 bits per heavy atom. The molecular formula is C10H9Br2NO2. The number of para-hydroxylation sites is 1. The summed E-state index contributed by atoms with van der Waals surface area (Å²) in [6.07, 6.45) is 0.478. The van der Waals surface area contributed by atoms with Crippen molar-refractivity contribution >= 4 is 43.5 Å². The molecule has 1 heterocycles. The number of carbonyl (C=O) groups is 1. The fourth-order valence-corrected chi connectivity index (χ4v) is 2.54. The second-order valence-electron chi connectivity index (χ2n) is 3.41. The summed E-state index contributed by atoms with van der Waals surface area (Å²) >= 11 is 6.63. The maximum Gasteiger partial charge on any atom is 0.228 e. The van der Waals surface area contributed by atoms with E-state index in [1.807, 2.05) is 0 Å². The van der Waals surface area contributed by atoms with Crippen molar-refractivity contribution in [2.45, 2.75) is 11.2 Å². The van der Waals surface area contributed by atoms with Crippen LogP contribution in [0.3, 0.4) is 0 Å². The Labute approximate surface area is 104 Å². The van der Waals surface area contributed by atoms with Crippen molar-refractivity contribution in [3.8, 4) is 5.75 Å². The molecule has 0 bridgehead atoms. The Hall–Kier alpha value is -0.550. The maximum atomic E-state index is 11.6. The molecule has 0 radical (unpaired) electrons. The van der Waals surface area contributed by atoms with E-state index in [-0.39, 0.29) is 16.5 Å². The third-order valence-corrected chi connectivity index (χ3v) is 3.59. The molecule has 1 fully saturated rings. The van der Waals surface area contributed by atoms with Gasteiger partial charge in [-0.1, -0.05) is 22.0 Å². The van der Waals surface area contributed by atoms with Gasteiger partial charge >= 0.3 is 0 Å². The van der Waals surface area contributed by atoms with Crippen LogP contribution in [-0.2, 0) is 4.79 Å². The molecule has 0 aliphatic carbocycles. The molecule has 15 heavy (non-hydrogen) atoms. The Bertz CT molecular complexity index is 408. The average molecular weight is 335 g/mol. The molecule has 1 aliphatic heterocycles. The number of benzene rings is 1. The Morgan fingerprint density at radius 1 is 1.47 bits per heavy atom. The highest BCUT2D eigenvalue weighted by atomic mass is 79.9. The number of phenols is 1. The molecule has 0 saturated carbocycles. The van der Waals surface area contributed by atoms with Crippen LogP contribution < -0.4 is 4.90 Å². The van der Waals surface area contributed by atoms with E-state index < -0.39 is 0 Å². The molecule has 0 spiro atoms. The summed E-state index contributed by atoms with van der Waals surface area (Å²) in [4.78, 5) is 13.4. The second-order valence-corrected chi connectivity index (χ2v) is 5.56. The normalized spacial score (nSPS) is 21.1. The van der Waals surface area contributed by atoms with Crippen LogP contribution in [0.5, 0.6) is 5.75 Å². The molecule has 1 unspecified atom stereocenters. The average Bonchev–Trinajstić information content (AvgIpc) is 2.50. The van der Waals surface area contributed by atoms with Crippen LogP contribution in [0.4, 0.5) is 5.69 Å². The van der Waals surface area contributed by atoms with Gasteiger partial charge < -0.3 is 10.0 Å². The monoisotopic (exact) mass is 333 g/mol. The lowest BCUT2D eigenvalue weighted by atomic mass is 10.2. The first-order valence-corrected chi connectivity index (χ1v) is 6.22. The zero-order valence-electron chi connectivity index (χ0n) is 7.78. The number of alkyl halides is 1. The van der Waals surface area contributed by atoms with Crippen LogP contribution in [0.25, 0.3) is 0 Å². The van der Waals surface area contributed by atoms with Gasteiger partial charge in [0.1, 0.15) is 0 Å². The third kappa shape index (κ3) is 2.03. The molecule has 1 aromatic carbocycles. The fourth-order valence-electron chi connectivity index (χ4n) is 1.62. The largest absolute Gasteiger partial charge is 0.505 e. The standard InChI is InChI=1S/C10H9Br2NO2/c11-6-4-9(14)13(5-6)8-3-1-2-7(12)10(8)15/h1-3,6,15H,4-5H2. The summed E-state index contributed by atoms with van der Waals surface area (Å²) in [6, 6.07) is 5.28. The lowest BCUT2D eigenvalue weighted by molar-refractivity contribution is -0.117. The highest BCUT2D eigenvalue weighted by Gasteiger charge is 2.30. The minimum atomic E-state index is 0.0327. The number of phenolic OH excluding ortho intramolecular Hbond substituents is 1. The molecule has 2 rings (SSSR count). The molecule has 1 aromatic rings. The van der Waals surface area contributed by atoms with E-state index >= 15 is 0 Å². The van der Waals surface area contributed by atoms with Crippen molar-refractivity contribution < 1.29 is 9.90 Å². The van der Waals surface area contributed by atoms with E-state index in [4.69, 9.17) is 0 Å². The van der Waals surface area contributed by atoms with Crippen LogP contribution in [0.2, 0.25) is 0 Å². The van der Waals surface area contributed by atoms with Crippen LogP contribution in [0.1, 0.15) is 6.42 Å². The first kappa shape index (κ1) is 11.0. The van der Waals surface area contributed by atoms with E-state index in [1.165, 1.54) is 0 Å². The van der Waals surface area contributed by atoms with E-state index in [1.54, 1.807) is 23.1 Å². The minimum Gasteiger partial charge on any atom is -0.505 e. The number of amides is 1. The highest BCUT2D eigenvalue weighted by molar-refractivity contribution is 9.10. The number of anilines is 1. The zero-order chi connectivity index (χ0) is 11.0. The number of hydrogen-bond donors (Lipinski definition) is 1. The van der Waals surface area contributed by atoms with Gasteiger partial charge in [0.2, 0.25) is 5.91 Å².